The van der Waals surface area contributed by atoms with Crippen LogP contribution in [0.3, 0.4) is 0 Å². The van der Waals surface area contributed by atoms with Gasteiger partial charge in [0.1, 0.15) is 5.69 Å². The first-order valence-electron chi connectivity index (χ1n) is 8.53. The Hall–Kier alpha value is -2.94. The predicted molar refractivity (Wildman–Crippen MR) is 114 cm³/mol. The number of benzene rings is 1. The number of ether oxygens (including phenoxy) is 1. The number of thiophene rings is 1. The van der Waals surface area contributed by atoms with Crippen molar-refractivity contribution >= 4 is 43.4 Å². The van der Waals surface area contributed by atoms with Crippen LogP contribution >= 0.6 is 11.3 Å². The zero-order valence-corrected chi connectivity index (χ0v) is 19.0. The highest BCUT2D eigenvalue weighted by molar-refractivity contribution is 7.92. The average molecular weight is 487 g/mol. The lowest BCUT2D eigenvalue weighted by Gasteiger charge is -2.10. The highest BCUT2D eigenvalue weighted by atomic mass is 32.2. The molecule has 2 aromatic heterocycles. The Labute approximate surface area is 182 Å². The fourth-order valence-corrected chi connectivity index (χ4v) is 5.57. The molecule has 3 aromatic rings. The van der Waals surface area contributed by atoms with Crippen LogP contribution in [0.1, 0.15) is 5.56 Å². The fourth-order valence-electron chi connectivity index (χ4n) is 2.53. The SMILES string of the molecule is Cc1ccccc1S(=O)(=O)Nc1cc(-c2cnn(S(=O)(=O)N(C)C)c2)sc1OC(=O)O. The molecule has 0 unspecified atom stereocenters. The maximum Gasteiger partial charge on any atom is 0.512 e. The molecule has 2 heterocycles. The molecule has 0 aliphatic carbocycles. The molecule has 0 saturated carbocycles. The second-order valence-electron chi connectivity index (χ2n) is 6.44. The van der Waals surface area contributed by atoms with E-state index in [4.69, 9.17) is 9.84 Å². The zero-order valence-electron chi connectivity index (χ0n) is 16.5. The van der Waals surface area contributed by atoms with Gasteiger partial charge in [-0.05, 0) is 24.6 Å². The highest BCUT2D eigenvalue weighted by Gasteiger charge is 2.24. The van der Waals surface area contributed by atoms with E-state index in [2.05, 4.69) is 9.82 Å². The third-order valence-electron chi connectivity index (χ3n) is 4.05. The lowest BCUT2D eigenvalue weighted by atomic mass is 10.2. The van der Waals surface area contributed by atoms with Gasteiger partial charge in [0.2, 0.25) is 5.06 Å². The second-order valence-corrected chi connectivity index (χ2v) is 11.1. The summed E-state index contributed by atoms with van der Waals surface area (Å²) in [6.45, 7) is 1.63. The van der Waals surface area contributed by atoms with Crippen LogP contribution in [0.15, 0.2) is 47.6 Å². The highest BCUT2D eigenvalue weighted by Crippen LogP contribution is 2.42. The average Bonchev–Trinajstić information content (AvgIpc) is 3.29. The van der Waals surface area contributed by atoms with Crippen LogP contribution < -0.4 is 9.46 Å². The summed E-state index contributed by atoms with van der Waals surface area (Å²) >= 11 is 0.822. The molecule has 3 rings (SSSR count). The van der Waals surface area contributed by atoms with E-state index in [1.54, 1.807) is 25.1 Å². The number of nitrogens with zero attached hydrogens (tertiary/aromatic N) is 3. The number of nitrogens with one attached hydrogen (secondary N) is 1. The maximum absolute atomic E-state index is 12.8. The van der Waals surface area contributed by atoms with E-state index in [1.165, 1.54) is 38.6 Å². The standard InChI is InChI=1S/C17H18N4O7S3/c1-11-6-4-5-7-15(11)30(24,25)19-13-8-14(29-16(13)28-17(22)23)12-9-18-21(10-12)31(26,27)20(2)3/h4-10,19H,1-3H3,(H,22,23). The number of rotatable bonds is 7. The predicted octanol–water partition coefficient (Wildman–Crippen LogP) is 2.43. The molecule has 0 spiro atoms. The summed E-state index contributed by atoms with van der Waals surface area (Å²) in [4.78, 5) is 11.4. The minimum atomic E-state index is -4.04. The first kappa shape index (κ1) is 22.7. The number of hydrogen-bond donors (Lipinski definition) is 2. The topological polar surface area (TPSA) is 148 Å². The second kappa shape index (κ2) is 8.30. The smallest absolute Gasteiger partial charge is 0.449 e. The number of aryl methyl sites for hydroxylation is 1. The Morgan fingerprint density at radius 3 is 2.52 bits per heavy atom. The van der Waals surface area contributed by atoms with Gasteiger partial charge in [0.05, 0.1) is 17.3 Å². The number of anilines is 1. The molecule has 0 aliphatic rings. The summed E-state index contributed by atoms with van der Waals surface area (Å²) in [5.41, 5.74) is 0.724. The first-order chi connectivity index (χ1) is 14.4. The van der Waals surface area contributed by atoms with Crippen LogP contribution in [-0.4, -0.2) is 55.7 Å². The molecular weight excluding hydrogens is 468 g/mol. The Kier molecular flexibility index (Phi) is 6.09. The first-order valence-corrected chi connectivity index (χ1v) is 12.2. The van der Waals surface area contributed by atoms with Gasteiger partial charge in [0, 0.05) is 24.5 Å². The van der Waals surface area contributed by atoms with Crippen LogP contribution in [0, 0.1) is 6.92 Å². The van der Waals surface area contributed by atoms with E-state index in [0.29, 0.717) is 16.0 Å². The largest absolute Gasteiger partial charge is 0.512 e. The van der Waals surface area contributed by atoms with Crippen molar-refractivity contribution in [1.82, 2.24) is 13.5 Å². The molecule has 166 valence electrons. The normalized spacial score (nSPS) is 12.1. The van der Waals surface area contributed by atoms with Crippen LogP contribution in [0.2, 0.25) is 0 Å². The quantitative estimate of drug-likeness (QED) is 0.484. The molecule has 0 amide bonds. The van der Waals surface area contributed by atoms with Crippen LogP contribution in [-0.2, 0) is 20.2 Å². The van der Waals surface area contributed by atoms with Crippen molar-refractivity contribution in [2.24, 2.45) is 0 Å². The Morgan fingerprint density at radius 2 is 1.90 bits per heavy atom. The van der Waals surface area contributed by atoms with Crippen molar-refractivity contribution in [3.8, 4) is 15.5 Å². The Morgan fingerprint density at radius 1 is 1.23 bits per heavy atom. The van der Waals surface area contributed by atoms with E-state index in [1.807, 2.05) is 0 Å². The molecule has 31 heavy (non-hydrogen) atoms. The molecular formula is C17H18N4O7S3. The van der Waals surface area contributed by atoms with E-state index in [9.17, 15) is 21.6 Å². The van der Waals surface area contributed by atoms with Crippen LogP contribution in [0.25, 0.3) is 10.4 Å². The van der Waals surface area contributed by atoms with Gasteiger partial charge in [0.25, 0.3) is 10.0 Å². The maximum atomic E-state index is 12.8. The van der Waals surface area contributed by atoms with E-state index in [0.717, 1.165) is 19.7 Å². The lowest BCUT2D eigenvalue weighted by molar-refractivity contribution is 0.146. The fraction of sp³-hybridized carbons (Fsp3) is 0.176. The molecule has 0 aliphatic heterocycles. The van der Waals surface area contributed by atoms with Gasteiger partial charge in [-0.2, -0.15) is 21.9 Å². The molecule has 11 nitrogen and oxygen atoms in total. The molecule has 0 atom stereocenters. The summed E-state index contributed by atoms with van der Waals surface area (Å²) in [6.07, 6.45) is 0.859. The van der Waals surface area contributed by atoms with Crippen molar-refractivity contribution in [2.75, 3.05) is 18.8 Å². The van der Waals surface area contributed by atoms with Crippen molar-refractivity contribution in [3.63, 3.8) is 0 Å². The number of aromatic nitrogens is 2. The van der Waals surface area contributed by atoms with E-state index >= 15 is 0 Å². The number of carbonyl (C=O) groups is 1. The van der Waals surface area contributed by atoms with Gasteiger partial charge in [-0.15, -0.1) is 0 Å². The van der Waals surface area contributed by atoms with Gasteiger partial charge in [-0.25, -0.2) is 13.2 Å². The zero-order chi connectivity index (χ0) is 23.0. The molecule has 14 heteroatoms. The monoisotopic (exact) mass is 486 g/mol. The Balaban J connectivity index is 2.02. The third kappa shape index (κ3) is 4.71. The van der Waals surface area contributed by atoms with Gasteiger partial charge >= 0.3 is 16.4 Å². The number of carboxylic acid groups (broad SMARTS) is 1. The number of sulfonamides is 1. The summed E-state index contributed by atoms with van der Waals surface area (Å²) < 4.78 is 58.8. The third-order valence-corrected chi connectivity index (χ3v) is 8.23. The van der Waals surface area contributed by atoms with Crippen molar-refractivity contribution in [1.29, 1.82) is 0 Å². The van der Waals surface area contributed by atoms with Gasteiger partial charge in [0.15, 0.2) is 0 Å². The van der Waals surface area contributed by atoms with Crippen molar-refractivity contribution in [3.05, 3.63) is 48.3 Å². The molecule has 0 radical (unpaired) electrons. The van der Waals surface area contributed by atoms with Gasteiger partial charge < -0.3 is 9.84 Å². The molecule has 0 fully saturated rings. The van der Waals surface area contributed by atoms with E-state index in [-0.39, 0.29) is 15.6 Å². The van der Waals surface area contributed by atoms with Crippen molar-refractivity contribution < 1.29 is 31.5 Å². The summed E-state index contributed by atoms with van der Waals surface area (Å²) in [6, 6.07) is 7.65. The molecule has 0 saturated heterocycles. The van der Waals surface area contributed by atoms with Crippen LogP contribution in [0.4, 0.5) is 10.5 Å². The number of hydrogen-bond acceptors (Lipinski definition) is 8. The summed E-state index contributed by atoms with van der Waals surface area (Å²) in [7, 11) is -5.20. The summed E-state index contributed by atoms with van der Waals surface area (Å²) in [5, 5.41) is 12.6. The Bertz CT molecular complexity index is 1340. The minimum absolute atomic E-state index is 0.0221. The molecule has 2 N–H and O–H groups in total. The van der Waals surface area contributed by atoms with E-state index < -0.39 is 26.4 Å². The molecule has 1 aromatic carbocycles. The molecule has 0 bridgehead atoms. The van der Waals surface area contributed by atoms with Crippen LogP contribution in [0.5, 0.6) is 5.06 Å². The lowest BCUT2D eigenvalue weighted by Crippen LogP contribution is -2.29. The van der Waals surface area contributed by atoms with Gasteiger partial charge in [-0.1, -0.05) is 29.5 Å². The van der Waals surface area contributed by atoms with Gasteiger partial charge in [-0.3, -0.25) is 4.72 Å². The minimum Gasteiger partial charge on any atom is -0.449 e. The summed E-state index contributed by atoms with van der Waals surface area (Å²) in [5.74, 6) is 0. The van der Waals surface area contributed by atoms with Crippen molar-refractivity contribution in [2.45, 2.75) is 11.8 Å².